The van der Waals surface area contributed by atoms with Crippen molar-refractivity contribution >= 4 is 106 Å². The van der Waals surface area contributed by atoms with Crippen LogP contribution in [0.3, 0.4) is 0 Å². The van der Waals surface area contributed by atoms with Gasteiger partial charge >= 0.3 is 0 Å². The zero-order valence-corrected chi connectivity index (χ0v) is 51.3. The molecule has 4 nitrogen and oxygen atoms in total. The summed E-state index contributed by atoms with van der Waals surface area (Å²) in [4.78, 5) is 2.48. The van der Waals surface area contributed by atoms with Gasteiger partial charge in [0.2, 0.25) is 6.71 Å². The van der Waals surface area contributed by atoms with Gasteiger partial charge in [0.15, 0.2) is 0 Å². The van der Waals surface area contributed by atoms with Crippen LogP contribution in [0, 0.1) is 6.92 Å². The summed E-state index contributed by atoms with van der Waals surface area (Å²) in [6.45, 7) is 33.4. The fourth-order valence-electron chi connectivity index (χ4n) is 15.6. The van der Waals surface area contributed by atoms with Crippen LogP contribution in [0.2, 0.25) is 0 Å². The summed E-state index contributed by atoms with van der Waals surface area (Å²) in [6.07, 6.45) is 0. The Morgan fingerprint density at radius 1 is 0.333 bits per heavy atom. The van der Waals surface area contributed by atoms with E-state index in [1.165, 1.54) is 143 Å². The maximum atomic E-state index is 2.65. The van der Waals surface area contributed by atoms with E-state index in [1.54, 1.807) is 0 Å². The topological polar surface area (TPSA) is 18.0 Å². The van der Waals surface area contributed by atoms with E-state index in [0.29, 0.717) is 0 Å². The molecule has 412 valence electrons. The number of rotatable bonds is 3. The van der Waals surface area contributed by atoms with Gasteiger partial charge in [0, 0.05) is 71.4 Å². The summed E-state index contributed by atoms with van der Waals surface area (Å²) < 4.78 is 7.77. The highest BCUT2D eigenvalue weighted by atomic mass is 15.2. The van der Waals surface area contributed by atoms with E-state index in [4.69, 9.17) is 0 Å². The van der Waals surface area contributed by atoms with E-state index < -0.39 is 0 Å². The van der Waals surface area contributed by atoms with E-state index in [-0.39, 0.29) is 33.8 Å². The minimum Gasteiger partial charge on any atom is -0.310 e. The van der Waals surface area contributed by atoms with Gasteiger partial charge in [0.05, 0.1) is 39.0 Å². The van der Waals surface area contributed by atoms with Crippen LogP contribution < -0.4 is 21.3 Å². The third-order valence-electron chi connectivity index (χ3n) is 20.1. The predicted octanol–water partition coefficient (Wildman–Crippen LogP) is 18.8. The summed E-state index contributed by atoms with van der Waals surface area (Å²) in [6, 6.07) is 73.3. The standard InChI is InChI=1S/C79H73BN4/c1-46-35-62-73-72(36-46)84-67-34-32-48(76(5,6)7)38-55(67)58-39-49(77(8,9)10)40-64(74(58)84)80(73)63-42-56-54-37-47(75(2,3)4)31-33-66(54)83(69(56)44-60(63)79(62,13)14)52-26-22-25-51(41-52)82-65-29-20-18-27-53(65)57-43-71-61(45-70(57)82)78(11,12)59-28-19-21-30-68(59)81(71)50-23-16-15-17-24-50/h15-45H,1-14H3. The Balaban J connectivity index is 0.956. The maximum absolute atomic E-state index is 2.65. The van der Waals surface area contributed by atoms with Crippen LogP contribution in [0.25, 0.3) is 82.5 Å². The van der Waals surface area contributed by atoms with Crippen molar-refractivity contribution in [2.24, 2.45) is 0 Å². The molecular weight excluding hydrogens is 1020 g/mol. The highest BCUT2D eigenvalue weighted by Gasteiger charge is 2.47. The van der Waals surface area contributed by atoms with Gasteiger partial charge in [0.25, 0.3) is 0 Å². The van der Waals surface area contributed by atoms with Crippen LogP contribution in [-0.2, 0) is 27.1 Å². The molecule has 3 aliphatic rings. The Bertz CT molecular complexity index is 5030. The molecule has 0 amide bonds. The van der Waals surface area contributed by atoms with Gasteiger partial charge in [-0.3, -0.25) is 0 Å². The number of para-hydroxylation sites is 3. The molecule has 3 aromatic heterocycles. The van der Waals surface area contributed by atoms with Crippen LogP contribution in [-0.4, -0.2) is 20.4 Å². The van der Waals surface area contributed by atoms with Crippen molar-refractivity contribution in [3.63, 3.8) is 0 Å². The zero-order valence-electron chi connectivity index (χ0n) is 51.3. The summed E-state index contributed by atoms with van der Waals surface area (Å²) >= 11 is 0. The fraction of sp³-hybridized carbons (Fsp3) is 0.241. The predicted molar refractivity (Wildman–Crippen MR) is 360 cm³/mol. The minimum atomic E-state index is -0.317. The number of hydrogen-bond donors (Lipinski definition) is 0. The molecule has 16 rings (SSSR count). The SMILES string of the molecule is Cc1cc2c3c(c1)C(C)(C)c1cc4c(cc1B3c1cc(C(C)(C)C)cc3c5cc(C(C)(C)C)ccc5n-2c13)c1cc(C(C)(C)C)ccc1n4-c1cccc(-n2c3ccccc3c3cc4c(cc32)C(C)(C)c2ccccc2N4c2ccccc2)c1. The molecule has 6 heterocycles. The first-order valence-corrected chi connectivity index (χ1v) is 30.5. The maximum Gasteiger partial charge on any atom is 0.247 e. The molecule has 0 spiro atoms. The highest BCUT2D eigenvalue weighted by Crippen LogP contribution is 2.54. The first-order valence-electron chi connectivity index (χ1n) is 30.5. The lowest BCUT2D eigenvalue weighted by atomic mass is 9.30. The second kappa shape index (κ2) is 16.8. The smallest absolute Gasteiger partial charge is 0.247 e. The number of anilines is 3. The summed E-state index contributed by atoms with van der Waals surface area (Å²) in [5.41, 5.74) is 29.2. The van der Waals surface area contributed by atoms with Gasteiger partial charge in [-0.05, 0) is 176 Å². The Kier molecular flexibility index (Phi) is 10.3. The van der Waals surface area contributed by atoms with Crippen molar-refractivity contribution in [3.05, 3.63) is 233 Å². The van der Waals surface area contributed by atoms with Crippen molar-refractivity contribution in [2.75, 3.05) is 4.90 Å². The molecule has 5 heteroatoms. The van der Waals surface area contributed by atoms with Gasteiger partial charge < -0.3 is 18.6 Å². The first-order chi connectivity index (χ1) is 40.0. The number of aryl methyl sites for hydroxylation is 1. The van der Waals surface area contributed by atoms with Crippen molar-refractivity contribution in [2.45, 2.75) is 124 Å². The Labute approximate surface area is 495 Å². The zero-order chi connectivity index (χ0) is 58.1. The lowest BCUT2D eigenvalue weighted by molar-refractivity contribution is 0.590. The van der Waals surface area contributed by atoms with Crippen LogP contribution >= 0.6 is 0 Å². The monoisotopic (exact) mass is 1090 g/mol. The van der Waals surface area contributed by atoms with E-state index in [2.05, 4.69) is 304 Å². The molecule has 0 radical (unpaired) electrons. The second-order valence-electron chi connectivity index (χ2n) is 29.2. The van der Waals surface area contributed by atoms with Crippen LogP contribution in [0.4, 0.5) is 17.1 Å². The van der Waals surface area contributed by atoms with Crippen molar-refractivity contribution in [1.82, 2.24) is 13.7 Å². The second-order valence-corrected chi connectivity index (χ2v) is 29.2. The van der Waals surface area contributed by atoms with Crippen LogP contribution in [0.15, 0.2) is 188 Å². The normalized spacial score (nSPS) is 15.2. The molecule has 0 bridgehead atoms. The number of benzene rings is 10. The van der Waals surface area contributed by atoms with E-state index in [0.717, 1.165) is 17.1 Å². The van der Waals surface area contributed by atoms with Crippen LogP contribution in [0.5, 0.6) is 0 Å². The third-order valence-corrected chi connectivity index (χ3v) is 20.1. The number of fused-ring (bicyclic) bond motifs is 15. The molecule has 0 aliphatic carbocycles. The van der Waals surface area contributed by atoms with Crippen molar-refractivity contribution in [1.29, 1.82) is 0 Å². The minimum absolute atomic E-state index is 0.0180. The number of nitrogens with zero attached hydrogens (tertiary/aromatic N) is 4. The Morgan fingerprint density at radius 3 is 1.55 bits per heavy atom. The van der Waals surface area contributed by atoms with Gasteiger partial charge in [-0.15, -0.1) is 0 Å². The molecule has 3 aliphatic heterocycles. The lowest BCUT2D eigenvalue weighted by Gasteiger charge is -2.42. The average Bonchev–Trinajstić information content (AvgIpc) is 1.34. The summed E-state index contributed by atoms with van der Waals surface area (Å²) in [5.74, 6) is 0. The lowest BCUT2D eigenvalue weighted by Crippen LogP contribution is -2.63. The van der Waals surface area contributed by atoms with Crippen molar-refractivity contribution in [3.8, 4) is 17.1 Å². The molecule has 0 N–H and O–H groups in total. The largest absolute Gasteiger partial charge is 0.310 e. The molecular formula is C79H73BN4. The van der Waals surface area contributed by atoms with E-state index >= 15 is 0 Å². The molecule has 10 aromatic carbocycles. The molecule has 0 saturated heterocycles. The molecule has 0 saturated carbocycles. The summed E-state index contributed by atoms with van der Waals surface area (Å²) in [7, 11) is 0. The fourth-order valence-corrected chi connectivity index (χ4v) is 15.6. The van der Waals surface area contributed by atoms with E-state index in [1.807, 2.05) is 0 Å². The number of hydrogen-bond acceptors (Lipinski definition) is 1. The van der Waals surface area contributed by atoms with Crippen molar-refractivity contribution < 1.29 is 0 Å². The third kappa shape index (κ3) is 6.96. The summed E-state index contributed by atoms with van der Waals surface area (Å²) in [5, 5.41) is 7.78. The number of aromatic nitrogens is 3. The van der Waals surface area contributed by atoms with Gasteiger partial charge in [0.1, 0.15) is 0 Å². The molecule has 0 unspecified atom stereocenters. The van der Waals surface area contributed by atoms with Gasteiger partial charge in [-0.25, -0.2) is 0 Å². The van der Waals surface area contributed by atoms with Gasteiger partial charge in [-0.1, -0.05) is 186 Å². The molecule has 0 fully saturated rings. The molecule has 13 aromatic rings. The van der Waals surface area contributed by atoms with Gasteiger partial charge in [-0.2, -0.15) is 0 Å². The van der Waals surface area contributed by atoms with E-state index in [9.17, 15) is 0 Å². The average molecular weight is 1090 g/mol. The quantitative estimate of drug-likeness (QED) is 0.161. The first kappa shape index (κ1) is 51.1. The highest BCUT2D eigenvalue weighted by molar-refractivity contribution is 6.99. The Hall–Kier alpha value is -8.54. The molecule has 0 atom stereocenters. The molecule has 84 heavy (non-hydrogen) atoms. The Morgan fingerprint density at radius 2 is 0.869 bits per heavy atom. The van der Waals surface area contributed by atoms with Crippen LogP contribution in [0.1, 0.15) is 135 Å².